The molecule has 3 rings (SSSR count). The number of aryl methyl sites for hydroxylation is 1. The van der Waals surface area contributed by atoms with Crippen molar-refractivity contribution in [2.75, 3.05) is 6.61 Å². The summed E-state index contributed by atoms with van der Waals surface area (Å²) in [5.41, 5.74) is 2.34. The molecule has 0 saturated carbocycles. The van der Waals surface area contributed by atoms with Gasteiger partial charge in [0.1, 0.15) is 5.54 Å². The van der Waals surface area contributed by atoms with Crippen molar-refractivity contribution in [3.63, 3.8) is 0 Å². The number of aromatic nitrogens is 1. The second-order valence-corrected chi connectivity index (χ2v) is 6.07. The molecule has 0 radical (unpaired) electrons. The van der Waals surface area contributed by atoms with E-state index in [1.54, 1.807) is 19.1 Å². The minimum Gasteiger partial charge on any atom is -0.464 e. The smallest absolute Gasteiger partial charge is 0.332 e. The first-order chi connectivity index (χ1) is 11.5. The third-order valence-electron chi connectivity index (χ3n) is 4.30. The Labute approximate surface area is 141 Å². The van der Waals surface area contributed by atoms with Crippen molar-refractivity contribution in [1.82, 2.24) is 10.3 Å². The van der Waals surface area contributed by atoms with Crippen LogP contribution >= 0.6 is 0 Å². The fourth-order valence-electron chi connectivity index (χ4n) is 3.06. The molecule has 1 heterocycles. The van der Waals surface area contributed by atoms with Crippen LogP contribution in [0.25, 0.3) is 0 Å². The third kappa shape index (κ3) is 3.02. The monoisotopic (exact) mass is 324 g/mol. The van der Waals surface area contributed by atoms with Crippen molar-refractivity contribution in [1.29, 1.82) is 0 Å². The van der Waals surface area contributed by atoms with E-state index in [-0.39, 0.29) is 12.5 Å². The topological polar surface area (TPSA) is 68.3 Å². The quantitative estimate of drug-likeness (QED) is 0.876. The Balaban J connectivity index is 1.88. The van der Waals surface area contributed by atoms with Gasteiger partial charge < -0.3 is 10.1 Å². The number of nitrogens with zero attached hydrogens (tertiary/aromatic N) is 1. The maximum Gasteiger partial charge on any atom is 0.332 e. The van der Waals surface area contributed by atoms with E-state index >= 15 is 0 Å². The first kappa shape index (κ1) is 16.2. The van der Waals surface area contributed by atoms with Gasteiger partial charge in [-0.15, -0.1) is 0 Å². The Morgan fingerprint density at radius 2 is 1.83 bits per heavy atom. The SMILES string of the molecule is CCOC(=O)C1(NC(=O)c2ccc(C)nc2)Cc2ccccc2C1. The lowest BCUT2D eigenvalue weighted by Crippen LogP contribution is -2.56. The second-order valence-electron chi connectivity index (χ2n) is 6.07. The summed E-state index contributed by atoms with van der Waals surface area (Å²) in [5, 5.41) is 2.91. The number of hydrogen-bond donors (Lipinski definition) is 1. The largest absolute Gasteiger partial charge is 0.464 e. The average molecular weight is 324 g/mol. The molecule has 1 aromatic heterocycles. The standard InChI is InChI=1S/C19H20N2O3/c1-3-24-18(23)19(10-14-6-4-5-7-15(14)11-19)21-17(22)16-9-8-13(2)20-12-16/h4-9,12H,3,10-11H2,1-2H3,(H,21,22). The number of ether oxygens (including phenoxy) is 1. The Bertz CT molecular complexity index is 743. The molecule has 1 amide bonds. The van der Waals surface area contributed by atoms with Gasteiger partial charge in [0.25, 0.3) is 5.91 Å². The Hall–Kier alpha value is -2.69. The molecule has 0 unspecified atom stereocenters. The highest BCUT2D eigenvalue weighted by molar-refractivity contribution is 5.98. The Morgan fingerprint density at radius 3 is 2.38 bits per heavy atom. The van der Waals surface area contributed by atoms with Crippen LogP contribution in [-0.2, 0) is 22.4 Å². The van der Waals surface area contributed by atoms with Gasteiger partial charge in [-0.05, 0) is 37.1 Å². The fraction of sp³-hybridized carbons (Fsp3) is 0.316. The number of hydrogen-bond acceptors (Lipinski definition) is 4. The summed E-state index contributed by atoms with van der Waals surface area (Å²) in [7, 11) is 0. The zero-order chi connectivity index (χ0) is 17.2. The number of carbonyl (C=O) groups is 2. The van der Waals surface area contributed by atoms with Gasteiger partial charge in [0.2, 0.25) is 0 Å². The van der Waals surface area contributed by atoms with Crippen LogP contribution in [0.15, 0.2) is 42.6 Å². The highest BCUT2D eigenvalue weighted by Crippen LogP contribution is 2.31. The summed E-state index contributed by atoms with van der Waals surface area (Å²) in [6.45, 7) is 3.90. The summed E-state index contributed by atoms with van der Waals surface area (Å²) >= 11 is 0. The van der Waals surface area contributed by atoms with Crippen LogP contribution in [0.4, 0.5) is 0 Å². The van der Waals surface area contributed by atoms with Crippen molar-refractivity contribution in [3.05, 3.63) is 65.0 Å². The van der Waals surface area contributed by atoms with Gasteiger partial charge in [0.15, 0.2) is 0 Å². The van der Waals surface area contributed by atoms with E-state index in [4.69, 9.17) is 4.74 Å². The van der Waals surface area contributed by atoms with Gasteiger partial charge >= 0.3 is 5.97 Å². The number of pyridine rings is 1. The molecule has 0 aliphatic heterocycles. The van der Waals surface area contributed by atoms with Crippen molar-refractivity contribution in [2.45, 2.75) is 32.2 Å². The molecule has 1 aliphatic carbocycles. The van der Waals surface area contributed by atoms with Crippen LogP contribution in [-0.4, -0.2) is 29.0 Å². The minimum absolute atomic E-state index is 0.277. The van der Waals surface area contributed by atoms with E-state index in [0.717, 1.165) is 16.8 Å². The summed E-state index contributed by atoms with van der Waals surface area (Å²) < 4.78 is 5.25. The van der Waals surface area contributed by atoms with Crippen molar-refractivity contribution in [2.24, 2.45) is 0 Å². The number of rotatable bonds is 4. The lowest BCUT2D eigenvalue weighted by molar-refractivity contribution is -0.150. The van der Waals surface area contributed by atoms with Crippen LogP contribution in [0, 0.1) is 6.92 Å². The molecule has 2 aromatic rings. The predicted molar refractivity (Wildman–Crippen MR) is 89.7 cm³/mol. The maximum absolute atomic E-state index is 12.6. The number of carbonyl (C=O) groups excluding carboxylic acids is 2. The van der Waals surface area contributed by atoms with Crippen LogP contribution in [0.2, 0.25) is 0 Å². The normalized spacial score (nSPS) is 14.8. The molecular formula is C19H20N2O3. The predicted octanol–water partition coefficient (Wildman–Crippen LogP) is 2.22. The average Bonchev–Trinajstić information content (AvgIpc) is 2.95. The van der Waals surface area contributed by atoms with Crippen molar-refractivity contribution >= 4 is 11.9 Å². The molecule has 1 aromatic carbocycles. The van der Waals surface area contributed by atoms with E-state index in [0.29, 0.717) is 18.4 Å². The molecular weight excluding hydrogens is 304 g/mol. The zero-order valence-corrected chi connectivity index (χ0v) is 13.8. The summed E-state index contributed by atoms with van der Waals surface area (Å²) in [4.78, 5) is 29.4. The number of benzene rings is 1. The van der Waals surface area contributed by atoms with Gasteiger partial charge in [0.05, 0.1) is 12.2 Å². The van der Waals surface area contributed by atoms with Crippen LogP contribution < -0.4 is 5.32 Å². The summed E-state index contributed by atoms with van der Waals surface area (Å²) in [5.74, 6) is -0.710. The van der Waals surface area contributed by atoms with E-state index in [9.17, 15) is 9.59 Å². The Kier molecular flexibility index (Phi) is 4.34. The van der Waals surface area contributed by atoms with Crippen molar-refractivity contribution in [3.8, 4) is 0 Å². The second kappa shape index (κ2) is 6.43. The van der Waals surface area contributed by atoms with Gasteiger partial charge in [0, 0.05) is 24.7 Å². The third-order valence-corrected chi connectivity index (χ3v) is 4.30. The molecule has 124 valence electrons. The molecule has 0 fully saturated rings. The maximum atomic E-state index is 12.6. The van der Waals surface area contributed by atoms with E-state index < -0.39 is 11.5 Å². The number of nitrogens with one attached hydrogen (secondary N) is 1. The zero-order valence-electron chi connectivity index (χ0n) is 13.8. The first-order valence-electron chi connectivity index (χ1n) is 8.03. The fourth-order valence-corrected chi connectivity index (χ4v) is 3.06. The summed E-state index contributed by atoms with van der Waals surface area (Å²) in [6, 6.07) is 11.3. The molecule has 24 heavy (non-hydrogen) atoms. The van der Waals surface area contributed by atoms with Gasteiger partial charge in [-0.25, -0.2) is 4.79 Å². The highest BCUT2D eigenvalue weighted by Gasteiger charge is 2.46. The summed E-state index contributed by atoms with van der Waals surface area (Å²) in [6.07, 6.45) is 2.39. The molecule has 1 N–H and O–H groups in total. The molecule has 0 spiro atoms. The molecule has 0 saturated heterocycles. The molecule has 5 heteroatoms. The first-order valence-corrected chi connectivity index (χ1v) is 8.03. The minimum atomic E-state index is -1.05. The number of fused-ring (bicyclic) bond motifs is 1. The van der Waals surface area contributed by atoms with Crippen LogP contribution in [0.3, 0.4) is 0 Å². The van der Waals surface area contributed by atoms with Crippen LogP contribution in [0.5, 0.6) is 0 Å². The van der Waals surface area contributed by atoms with Gasteiger partial charge in [-0.2, -0.15) is 0 Å². The number of amides is 1. The molecule has 0 atom stereocenters. The van der Waals surface area contributed by atoms with Crippen LogP contribution in [0.1, 0.15) is 34.1 Å². The van der Waals surface area contributed by atoms with Gasteiger partial charge in [-0.1, -0.05) is 24.3 Å². The number of esters is 1. The van der Waals surface area contributed by atoms with E-state index in [1.165, 1.54) is 6.20 Å². The molecule has 5 nitrogen and oxygen atoms in total. The lowest BCUT2D eigenvalue weighted by Gasteiger charge is -2.28. The lowest BCUT2D eigenvalue weighted by atomic mass is 9.95. The Morgan fingerprint density at radius 1 is 1.17 bits per heavy atom. The van der Waals surface area contributed by atoms with E-state index in [1.807, 2.05) is 31.2 Å². The van der Waals surface area contributed by atoms with Gasteiger partial charge in [-0.3, -0.25) is 9.78 Å². The van der Waals surface area contributed by atoms with Crippen molar-refractivity contribution < 1.29 is 14.3 Å². The molecule has 1 aliphatic rings. The van der Waals surface area contributed by atoms with E-state index in [2.05, 4.69) is 10.3 Å². The highest BCUT2D eigenvalue weighted by atomic mass is 16.5. The molecule has 0 bridgehead atoms.